The molecule has 0 radical (unpaired) electrons. The van der Waals surface area contributed by atoms with Crippen molar-refractivity contribution < 1.29 is 0 Å². The monoisotopic (exact) mass is 367 g/mol. The van der Waals surface area contributed by atoms with Gasteiger partial charge in [0.15, 0.2) is 0 Å². The summed E-state index contributed by atoms with van der Waals surface area (Å²) in [4.78, 5) is 2.74. The van der Waals surface area contributed by atoms with Crippen LogP contribution >= 0.6 is 0 Å². The van der Waals surface area contributed by atoms with Crippen molar-refractivity contribution in [1.82, 2.24) is 10.2 Å². The van der Waals surface area contributed by atoms with Crippen LogP contribution < -0.4 is 11.1 Å². The van der Waals surface area contributed by atoms with Gasteiger partial charge < -0.3 is 16.0 Å². The number of nitrogens with two attached hydrogens (primary N) is 1. The van der Waals surface area contributed by atoms with Crippen LogP contribution in [0.3, 0.4) is 0 Å². The predicted molar refractivity (Wildman–Crippen MR) is 117 cm³/mol. The van der Waals surface area contributed by atoms with Crippen molar-refractivity contribution in [2.75, 3.05) is 39.3 Å². The highest BCUT2D eigenvalue weighted by Crippen LogP contribution is 2.14. The van der Waals surface area contributed by atoms with Gasteiger partial charge in [0.1, 0.15) is 0 Å². The molecule has 3 nitrogen and oxygen atoms in total. The molecule has 0 atom stereocenters. The number of nitrogens with zero attached hydrogens (tertiary/aromatic N) is 1. The lowest BCUT2D eigenvalue weighted by atomic mass is 10.0. The summed E-state index contributed by atoms with van der Waals surface area (Å²) < 4.78 is 0. The van der Waals surface area contributed by atoms with E-state index >= 15 is 0 Å². The third-order valence-electron chi connectivity index (χ3n) is 5.83. The summed E-state index contributed by atoms with van der Waals surface area (Å²) in [6.45, 7) is 6.95. The third kappa shape index (κ3) is 16.1. The topological polar surface area (TPSA) is 41.3 Å². The van der Waals surface area contributed by atoms with E-state index in [1.807, 2.05) is 0 Å². The molecule has 156 valence electrons. The second-order valence-electron chi connectivity index (χ2n) is 8.39. The molecule has 1 aliphatic heterocycles. The SMILES string of the molecule is NCCCNCCCN1CCCCCCCCCCCCCCCCC1. The maximum atomic E-state index is 5.55. The molecule has 0 aliphatic carbocycles. The molecule has 3 N–H and O–H groups in total. The van der Waals surface area contributed by atoms with Crippen molar-refractivity contribution in [2.24, 2.45) is 5.73 Å². The molecule has 1 fully saturated rings. The van der Waals surface area contributed by atoms with Crippen LogP contribution in [-0.4, -0.2) is 44.2 Å². The highest BCUT2D eigenvalue weighted by Gasteiger charge is 2.05. The summed E-state index contributed by atoms with van der Waals surface area (Å²) >= 11 is 0. The molecule has 26 heavy (non-hydrogen) atoms. The summed E-state index contributed by atoms with van der Waals surface area (Å²) in [5.74, 6) is 0. The van der Waals surface area contributed by atoms with Crippen LogP contribution in [0, 0.1) is 0 Å². The molecule has 0 saturated carbocycles. The number of rotatable bonds is 7. The summed E-state index contributed by atoms with van der Waals surface area (Å²) in [6, 6.07) is 0. The summed E-state index contributed by atoms with van der Waals surface area (Å²) in [6.07, 6.45) is 24.2. The van der Waals surface area contributed by atoms with E-state index in [4.69, 9.17) is 5.73 Å². The fraction of sp³-hybridized carbons (Fsp3) is 1.00. The Bertz CT molecular complexity index is 252. The minimum atomic E-state index is 0.805. The van der Waals surface area contributed by atoms with E-state index in [1.54, 1.807) is 0 Å². The molecule has 1 rings (SSSR count). The smallest absolute Gasteiger partial charge is 0.000664 e. The highest BCUT2D eigenvalue weighted by molar-refractivity contribution is 4.61. The first-order valence-corrected chi connectivity index (χ1v) is 12.1. The van der Waals surface area contributed by atoms with Crippen LogP contribution in [0.1, 0.15) is 109 Å². The Labute approximate surface area is 164 Å². The maximum Gasteiger partial charge on any atom is -0.000664 e. The second kappa shape index (κ2) is 19.6. The van der Waals surface area contributed by atoms with E-state index in [1.165, 1.54) is 122 Å². The molecule has 0 aromatic rings. The van der Waals surface area contributed by atoms with Gasteiger partial charge in [0.25, 0.3) is 0 Å². The van der Waals surface area contributed by atoms with Crippen LogP contribution in [0.5, 0.6) is 0 Å². The van der Waals surface area contributed by atoms with Gasteiger partial charge in [-0.15, -0.1) is 0 Å². The van der Waals surface area contributed by atoms with E-state index < -0.39 is 0 Å². The second-order valence-corrected chi connectivity index (χ2v) is 8.39. The fourth-order valence-corrected chi connectivity index (χ4v) is 4.08. The zero-order chi connectivity index (χ0) is 18.5. The molecule has 0 aromatic carbocycles. The predicted octanol–water partition coefficient (Wildman–Crippen LogP) is 5.48. The lowest BCUT2D eigenvalue weighted by Crippen LogP contribution is -2.30. The molecule has 1 aliphatic rings. The lowest BCUT2D eigenvalue weighted by molar-refractivity contribution is 0.256. The molecule has 0 aromatic heterocycles. The van der Waals surface area contributed by atoms with Crippen molar-refractivity contribution in [2.45, 2.75) is 109 Å². The van der Waals surface area contributed by atoms with Gasteiger partial charge in [-0.05, 0) is 65.0 Å². The van der Waals surface area contributed by atoms with Gasteiger partial charge in [0.2, 0.25) is 0 Å². The number of hydrogen-bond acceptors (Lipinski definition) is 3. The largest absolute Gasteiger partial charge is 0.330 e. The van der Waals surface area contributed by atoms with Gasteiger partial charge in [-0.2, -0.15) is 0 Å². The van der Waals surface area contributed by atoms with Crippen LogP contribution in [0.15, 0.2) is 0 Å². The van der Waals surface area contributed by atoms with Crippen molar-refractivity contribution >= 4 is 0 Å². The first-order valence-electron chi connectivity index (χ1n) is 12.1. The van der Waals surface area contributed by atoms with Crippen molar-refractivity contribution in [3.8, 4) is 0 Å². The molecule has 3 heteroatoms. The number of nitrogens with one attached hydrogen (secondary N) is 1. The van der Waals surface area contributed by atoms with Gasteiger partial charge in [-0.1, -0.05) is 83.5 Å². The summed E-state index contributed by atoms with van der Waals surface area (Å²) in [7, 11) is 0. The fourth-order valence-electron chi connectivity index (χ4n) is 4.08. The Balaban J connectivity index is 2.19. The Morgan fingerprint density at radius 2 is 0.923 bits per heavy atom. The Morgan fingerprint density at radius 3 is 1.35 bits per heavy atom. The van der Waals surface area contributed by atoms with E-state index in [0.29, 0.717) is 0 Å². The van der Waals surface area contributed by atoms with Gasteiger partial charge in [0, 0.05) is 0 Å². The third-order valence-corrected chi connectivity index (χ3v) is 5.83. The average molecular weight is 368 g/mol. The molecular weight excluding hydrogens is 318 g/mol. The summed E-state index contributed by atoms with van der Waals surface area (Å²) in [5, 5.41) is 3.53. The van der Waals surface area contributed by atoms with Gasteiger partial charge in [-0.3, -0.25) is 0 Å². The van der Waals surface area contributed by atoms with E-state index in [9.17, 15) is 0 Å². The van der Waals surface area contributed by atoms with E-state index in [-0.39, 0.29) is 0 Å². The molecule has 0 bridgehead atoms. The first kappa shape index (κ1) is 23.9. The Hall–Kier alpha value is -0.120. The van der Waals surface area contributed by atoms with Crippen LogP contribution in [0.25, 0.3) is 0 Å². The molecule has 1 heterocycles. The molecular formula is C23H49N3. The van der Waals surface area contributed by atoms with Crippen molar-refractivity contribution in [3.05, 3.63) is 0 Å². The lowest BCUT2D eigenvalue weighted by Gasteiger charge is -2.22. The minimum Gasteiger partial charge on any atom is -0.330 e. The van der Waals surface area contributed by atoms with E-state index in [0.717, 1.165) is 26.1 Å². The zero-order valence-electron chi connectivity index (χ0n) is 17.8. The normalized spacial score (nSPS) is 21.1. The van der Waals surface area contributed by atoms with Gasteiger partial charge in [0.05, 0.1) is 0 Å². The molecule has 0 spiro atoms. The quantitative estimate of drug-likeness (QED) is 0.585. The first-order chi connectivity index (χ1) is 12.9. The summed E-state index contributed by atoms with van der Waals surface area (Å²) in [5.41, 5.74) is 5.55. The van der Waals surface area contributed by atoms with Crippen LogP contribution in [0.2, 0.25) is 0 Å². The van der Waals surface area contributed by atoms with E-state index in [2.05, 4.69) is 10.2 Å². The Kier molecular flexibility index (Phi) is 18.1. The average Bonchev–Trinajstić information content (AvgIpc) is 2.65. The highest BCUT2D eigenvalue weighted by atomic mass is 15.1. The van der Waals surface area contributed by atoms with Crippen LogP contribution in [0.4, 0.5) is 0 Å². The van der Waals surface area contributed by atoms with Gasteiger partial charge >= 0.3 is 0 Å². The van der Waals surface area contributed by atoms with Crippen molar-refractivity contribution in [1.29, 1.82) is 0 Å². The van der Waals surface area contributed by atoms with Crippen molar-refractivity contribution in [3.63, 3.8) is 0 Å². The van der Waals surface area contributed by atoms with Crippen LogP contribution in [-0.2, 0) is 0 Å². The van der Waals surface area contributed by atoms with Gasteiger partial charge in [-0.25, -0.2) is 0 Å². The number of hydrogen-bond donors (Lipinski definition) is 2. The standard InChI is InChI=1S/C23H49N3/c24-18-16-19-25-20-17-23-26-21-14-12-10-8-6-4-2-1-3-5-7-9-11-13-15-22-26/h25H,1-24H2. The molecule has 0 unspecified atom stereocenters. The zero-order valence-corrected chi connectivity index (χ0v) is 17.8. The molecule has 0 amide bonds. The minimum absolute atomic E-state index is 0.805. The maximum absolute atomic E-state index is 5.55. The Morgan fingerprint density at radius 1 is 0.538 bits per heavy atom. The molecule has 1 saturated heterocycles.